The fourth-order valence-electron chi connectivity index (χ4n) is 4.01. The van der Waals surface area contributed by atoms with Crippen LogP contribution >= 0.6 is 23.2 Å². The number of anilines is 1. The number of para-hydroxylation sites is 2. The van der Waals surface area contributed by atoms with Gasteiger partial charge in [0.15, 0.2) is 0 Å². The van der Waals surface area contributed by atoms with Crippen LogP contribution in [0.5, 0.6) is 0 Å². The highest BCUT2D eigenvalue weighted by Gasteiger charge is 2.20. The Morgan fingerprint density at radius 3 is 2.61 bits per heavy atom. The van der Waals surface area contributed by atoms with Gasteiger partial charge in [-0.1, -0.05) is 41.4 Å². The molecule has 6 heteroatoms. The highest BCUT2D eigenvalue weighted by Crippen LogP contribution is 2.25. The van der Waals surface area contributed by atoms with Crippen molar-refractivity contribution in [2.45, 2.75) is 32.9 Å². The quantitative estimate of drug-likeness (QED) is 0.560. The van der Waals surface area contributed by atoms with E-state index in [1.165, 1.54) is 23.9 Å². The number of aromatic nitrogens is 2. The molecule has 1 fully saturated rings. The highest BCUT2D eigenvalue weighted by molar-refractivity contribution is 6.42. The summed E-state index contributed by atoms with van der Waals surface area (Å²) in [5.41, 5.74) is 3.48. The number of nitrogens with one attached hydrogen (secondary N) is 1. The van der Waals surface area contributed by atoms with E-state index in [1.54, 1.807) is 0 Å². The van der Waals surface area contributed by atoms with Gasteiger partial charge in [-0.3, -0.25) is 4.90 Å². The predicted octanol–water partition coefficient (Wildman–Crippen LogP) is 5.69. The zero-order valence-corrected chi connectivity index (χ0v) is 17.7. The molecule has 2 aromatic carbocycles. The van der Waals surface area contributed by atoms with Gasteiger partial charge in [-0.2, -0.15) is 0 Å². The van der Waals surface area contributed by atoms with Crippen LogP contribution in [0.15, 0.2) is 42.5 Å². The minimum absolute atomic E-state index is 0.619. The molecule has 1 saturated heterocycles. The first-order valence-corrected chi connectivity index (χ1v) is 10.7. The number of halogens is 2. The normalized spacial score (nSPS) is 16.0. The van der Waals surface area contributed by atoms with Crippen molar-refractivity contribution in [2.75, 3.05) is 25.0 Å². The van der Waals surface area contributed by atoms with Gasteiger partial charge in [0, 0.05) is 19.6 Å². The van der Waals surface area contributed by atoms with Gasteiger partial charge in [0.1, 0.15) is 0 Å². The molecule has 1 aliphatic heterocycles. The number of hydrogen-bond acceptors (Lipinski definition) is 3. The van der Waals surface area contributed by atoms with Crippen LogP contribution in [0, 0.1) is 5.92 Å². The maximum absolute atomic E-state index is 6.14. The fraction of sp³-hybridized carbons (Fsp3) is 0.409. The summed E-state index contributed by atoms with van der Waals surface area (Å²) in [6.07, 6.45) is 2.39. The van der Waals surface area contributed by atoms with Gasteiger partial charge in [0.05, 0.1) is 21.1 Å². The Labute approximate surface area is 176 Å². The first kappa shape index (κ1) is 19.6. The van der Waals surface area contributed by atoms with Crippen molar-refractivity contribution in [3.05, 3.63) is 58.1 Å². The molecular formula is C22H26Cl2N4. The average Bonchev–Trinajstić information content (AvgIpc) is 3.08. The van der Waals surface area contributed by atoms with E-state index < -0.39 is 0 Å². The summed E-state index contributed by atoms with van der Waals surface area (Å²) in [5.74, 6) is 1.66. The minimum Gasteiger partial charge on any atom is -0.355 e. The Hall–Kier alpha value is -1.75. The Kier molecular flexibility index (Phi) is 6.10. The molecule has 2 heterocycles. The fourth-order valence-corrected chi connectivity index (χ4v) is 4.33. The minimum atomic E-state index is 0.619. The van der Waals surface area contributed by atoms with Crippen molar-refractivity contribution in [1.29, 1.82) is 0 Å². The molecule has 1 N–H and O–H groups in total. The Morgan fingerprint density at radius 2 is 1.86 bits per heavy atom. The van der Waals surface area contributed by atoms with Crippen LogP contribution in [0.25, 0.3) is 11.0 Å². The number of benzene rings is 2. The lowest BCUT2D eigenvalue weighted by molar-refractivity contribution is 0.182. The van der Waals surface area contributed by atoms with E-state index in [4.69, 9.17) is 28.2 Å². The van der Waals surface area contributed by atoms with Crippen LogP contribution < -0.4 is 5.32 Å². The molecule has 0 saturated carbocycles. The zero-order valence-electron chi connectivity index (χ0n) is 16.2. The number of piperidine rings is 1. The lowest BCUT2D eigenvalue weighted by Gasteiger charge is -2.32. The molecule has 148 valence electrons. The maximum atomic E-state index is 6.14. The molecule has 0 amide bonds. The van der Waals surface area contributed by atoms with Crippen molar-refractivity contribution in [1.82, 2.24) is 14.5 Å². The number of nitrogens with zero attached hydrogens (tertiary/aromatic N) is 3. The van der Waals surface area contributed by atoms with E-state index in [9.17, 15) is 0 Å². The van der Waals surface area contributed by atoms with Crippen molar-refractivity contribution in [3.63, 3.8) is 0 Å². The average molecular weight is 417 g/mol. The third-order valence-electron chi connectivity index (χ3n) is 5.62. The third kappa shape index (κ3) is 4.29. The van der Waals surface area contributed by atoms with Crippen LogP contribution in [0.3, 0.4) is 0 Å². The lowest BCUT2D eigenvalue weighted by Crippen LogP contribution is -2.35. The molecule has 0 aliphatic carbocycles. The van der Waals surface area contributed by atoms with Crippen LogP contribution in [0.1, 0.15) is 25.3 Å². The molecule has 3 aromatic rings. The highest BCUT2D eigenvalue weighted by atomic mass is 35.5. The van der Waals surface area contributed by atoms with E-state index in [-0.39, 0.29) is 0 Å². The van der Waals surface area contributed by atoms with E-state index in [2.05, 4.69) is 46.0 Å². The molecule has 0 atom stereocenters. The summed E-state index contributed by atoms with van der Waals surface area (Å²) < 4.78 is 2.26. The second-order valence-corrected chi connectivity index (χ2v) is 8.33. The second kappa shape index (κ2) is 8.73. The molecule has 1 aromatic heterocycles. The van der Waals surface area contributed by atoms with Gasteiger partial charge in [0.2, 0.25) is 5.95 Å². The van der Waals surface area contributed by atoms with E-state index in [0.717, 1.165) is 44.2 Å². The molecule has 0 unspecified atom stereocenters. The first-order valence-electron chi connectivity index (χ1n) is 9.99. The maximum Gasteiger partial charge on any atom is 0.203 e. The van der Waals surface area contributed by atoms with Gasteiger partial charge in [-0.15, -0.1) is 0 Å². The van der Waals surface area contributed by atoms with E-state index in [1.807, 2.05) is 18.2 Å². The monoisotopic (exact) mass is 416 g/mol. The zero-order chi connectivity index (χ0) is 19.5. The number of hydrogen-bond donors (Lipinski definition) is 1. The summed E-state index contributed by atoms with van der Waals surface area (Å²) in [4.78, 5) is 7.27. The Bertz CT molecular complexity index is 945. The molecule has 28 heavy (non-hydrogen) atoms. The number of rotatable bonds is 6. The standard InChI is InChI=1S/C22H26Cl2N4/c1-2-28-21-6-4-3-5-20(21)26-22(28)25-14-16-9-11-27(12-10-16)15-17-7-8-18(23)19(24)13-17/h3-8,13,16H,2,9-12,14-15H2,1H3,(H,25,26). The van der Waals surface area contributed by atoms with Crippen LogP contribution in [-0.4, -0.2) is 34.1 Å². The lowest BCUT2D eigenvalue weighted by atomic mass is 9.96. The summed E-state index contributed by atoms with van der Waals surface area (Å²) in [5, 5.41) is 4.86. The summed E-state index contributed by atoms with van der Waals surface area (Å²) in [6.45, 7) is 7.21. The second-order valence-electron chi connectivity index (χ2n) is 7.52. The molecule has 4 nitrogen and oxygen atoms in total. The van der Waals surface area contributed by atoms with Gasteiger partial charge in [-0.05, 0) is 68.6 Å². The molecule has 0 bridgehead atoms. The molecule has 0 spiro atoms. The van der Waals surface area contributed by atoms with E-state index >= 15 is 0 Å². The third-order valence-corrected chi connectivity index (χ3v) is 6.36. The first-order chi connectivity index (χ1) is 13.6. The van der Waals surface area contributed by atoms with Gasteiger partial charge < -0.3 is 9.88 Å². The van der Waals surface area contributed by atoms with E-state index in [0.29, 0.717) is 16.0 Å². The summed E-state index contributed by atoms with van der Waals surface area (Å²) >= 11 is 12.2. The smallest absolute Gasteiger partial charge is 0.203 e. The van der Waals surface area contributed by atoms with Gasteiger partial charge >= 0.3 is 0 Å². The predicted molar refractivity (Wildman–Crippen MR) is 118 cm³/mol. The number of aryl methyl sites for hydroxylation is 1. The van der Waals surface area contributed by atoms with Crippen LogP contribution in [0.2, 0.25) is 10.0 Å². The Morgan fingerprint density at radius 1 is 1.07 bits per heavy atom. The number of imidazole rings is 1. The summed E-state index contributed by atoms with van der Waals surface area (Å²) in [6, 6.07) is 14.3. The Balaban J connectivity index is 1.31. The topological polar surface area (TPSA) is 33.1 Å². The van der Waals surface area contributed by atoms with Gasteiger partial charge in [-0.25, -0.2) is 4.98 Å². The molecule has 4 rings (SSSR count). The van der Waals surface area contributed by atoms with Crippen LogP contribution in [-0.2, 0) is 13.1 Å². The van der Waals surface area contributed by atoms with Crippen molar-refractivity contribution >= 4 is 40.2 Å². The molecular weight excluding hydrogens is 391 g/mol. The number of fused-ring (bicyclic) bond motifs is 1. The van der Waals surface area contributed by atoms with Crippen molar-refractivity contribution in [3.8, 4) is 0 Å². The molecule has 0 radical (unpaired) electrons. The van der Waals surface area contributed by atoms with Gasteiger partial charge in [0.25, 0.3) is 0 Å². The largest absolute Gasteiger partial charge is 0.355 e. The van der Waals surface area contributed by atoms with Crippen molar-refractivity contribution < 1.29 is 0 Å². The SMILES string of the molecule is CCn1c(NCC2CCN(Cc3ccc(Cl)c(Cl)c3)CC2)nc2ccccc21. The number of likely N-dealkylation sites (tertiary alicyclic amines) is 1. The van der Waals surface area contributed by atoms with Crippen LogP contribution in [0.4, 0.5) is 5.95 Å². The molecule has 1 aliphatic rings. The van der Waals surface area contributed by atoms with Crippen molar-refractivity contribution in [2.24, 2.45) is 5.92 Å². The summed E-state index contributed by atoms with van der Waals surface area (Å²) in [7, 11) is 0.